The molecule has 1 aromatic rings. The molecule has 0 fully saturated rings. The van der Waals surface area contributed by atoms with Gasteiger partial charge in [0.05, 0.1) is 17.8 Å². The number of carboxylic acids is 1. The molecular weight excluding hydrogens is 328 g/mol. The number of nitrogens with two attached hydrogens (primary N) is 2. The van der Waals surface area contributed by atoms with Gasteiger partial charge in [0.2, 0.25) is 5.96 Å². The third-order valence-corrected chi connectivity index (χ3v) is 2.42. The Morgan fingerprint density at radius 1 is 1.45 bits per heavy atom. The van der Waals surface area contributed by atoms with Crippen LogP contribution in [0, 0.1) is 6.92 Å². The average molecular weight is 345 g/mol. The molecule has 0 unspecified atom stereocenters. The second kappa shape index (κ2) is 8.92. The van der Waals surface area contributed by atoms with E-state index >= 15 is 0 Å². The zero-order valence-electron chi connectivity index (χ0n) is 11.4. The smallest absolute Gasteiger partial charge is 0.300 e. The topological polar surface area (TPSA) is 123 Å². The Hall–Kier alpha value is -2.09. The fourth-order valence-electron chi connectivity index (χ4n) is 1.25. The van der Waals surface area contributed by atoms with Gasteiger partial charge in [0, 0.05) is 6.92 Å². The Balaban J connectivity index is 0.000000796. The molecule has 0 saturated heterocycles. The van der Waals surface area contributed by atoms with E-state index in [0.29, 0.717) is 0 Å². The highest BCUT2D eigenvalue weighted by atomic mass is 79.9. The molecule has 0 spiro atoms. The largest absolute Gasteiger partial charge is 0.495 e. The monoisotopic (exact) mass is 344 g/mol. The first kappa shape index (κ1) is 17.9. The Kier molecular flexibility index (Phi) is 7.98. The number of carbonyl (C=O) groups is 1. The molecule has 0 amide bonds. The predicted molar refractivity (Wildman–Crippen MR) is 82.1 cm³/mol. The van der Waals surface area contributed by atoms with Crippen molar-refractivity contribution in [3.63, 3.8) is 0 Å². The molecule has 0 aromatic heterocycles. The molecule has 0 aliphatic heterocycles. The van der Waals surface area contributed by atoms with Crippen LogP contribution in [0.3, 0.4) is 0 Å². The molecule has 110 valence electrons. The Bertz CT molecular complexity index is 498. The standard InChI is InChI=1S/C10H13BrN4O.C2H4O2/c1-6-3-7(5-14-15-10(12)13)4-8(11)9(6)16-2;1-2(3)4/h3-5H,1-2H3,(H4,12,13,15);1H3,(H,3,4). The van der Waals surface area contributed by atoms with Crippen LogP contribution in [0.25, 0.3) is 0 Å². The van der Waals surface area contributed by atoms with Gasteiger partial charge in [-0.3, -0.25) is 4.79 Å². The predicted octanol–water partition coefficient (Wildman–Crippen LogP) is 1.46. The van der Waals surface area contributed by atoms with Gasteiger partial charge in [-0.15, -0.1) is 5.10 Å². The first-order chi connectivity index (χ1) is 9.27. The van der Waals surface area contributed by atoms with Crippen molar-refractivity contribution in [2.24, 2.45) is 21.7 Å². The number of ether oxygens (including phenoxy) is 1. The van der Waals surface area contributed by atoms with Crippen molar-refractivity contribution in [1.29, 1.82) is 0 Å². The fraction of sp³-hybridized carbons (Fsp3) is 0.250. The summed E-state index contributed by atoms with van der Waals surface area (Å²) >= 11 is 3.41. The van der Waals surface area contributed by atoms with Crippen molar-refractivity contribution in [3.8, 4) is 5.75 Å². The van der Waals surface area contributed by atoms with Crippen molar-refractivity contribution < 1.29 is 14.6 Å². The first-order valence-corrected chi connectivity index (χ1v) is 6.22. The summed E-state index contributed by atoms with van der Waals surface area (Å²) in [6.45, 7) is 3.03. The number of benzene rings is 1. The van der Waals surface area contributed by atoms with Crippen LogP contribution in [-0.2, 0) is 4.79 Å². The minimum absolute atomic E-state index is 0.0689. The molecule has 0 aliphatic rings. The summed E-state index contributed by atoms with van der Waals surface area (Å²) in [7, 11) is 1.63. The zero-order valence-corrected chi connectivity index (χ0v) is 13.0. The molecule has 0 heterocycles. The number of nitrogens with zero attached hydrogens (tertiary/aromatic N) is 2. The molecule has 8 heteroatoms. The highest BCUT2D eigenvalue weighted by molar-refractivity contribution is 9.10. The number of aryl methyl sites for hydroxylation is 1. The van der Waals surface area contributed by atoms with Gasteiger partial charge in [0.15, 0.2) is 0 Å². The summed E-state index contributed by atoms with van der Waals surface area (Å²) < 4.78 is 6.08. The molecule has 20 heavy (non-hydrogen) atoms. The quantitative estimate of drug-likeness (QED) is 0.435. The lowest BCUT2D eigenvalue weighted by Crippen LogP contribution is -2.21. The van der Waals surface area contributed by atoms with E-state index in [1.54, 1.807) is 13.3 Å². The van der Waals surface area contributed by atoms with Crippen LogP contribution in [0.5, 0.6) is 5.75 Å². The Morgan fingerprint density at radius 3 is 2.40 bits per heavy atom. The summed E-state index contributed by atoms with van der Waals surface area (Å²) in [5.41, 5.74) is 12.2. The number of methoxy groups -OCH3 is 1. The molecule has 0 saturated carbocycles. The number of hydrogen-bond donors (Lipinski definition) is 3. The van der Waals surface area contributed by atoms with E-state index in [1.165, 1.54) is 0 Å². The maximum atomic E-state index is 9.00. The molecule has 0 aliphatic carbocycles. The van der Waals surface area contributed by atoms with Crippen molar-refractivity contribution in [2.75, 3.05) is 7.11 Å². The lowest BCUT2D eigenvalue weighted by atomic mass is 10.1. The van der Waals surface area contributed by atoms with Gasteiger partial charge in [-0.1, -0.05) is 0 Å². The van der Waals surface area contributed by atoms with Crippen LogP contribution >= 0.6 is 15.9 Å². The van der Waals surface area contributed by atoms with Crippen LogP contribution < -0.4 is 16.2 Å². The molecule has 0 radical (unpaired) electrons. The summed E-state index contributed by atoms with van der Waals surface area (Å²) in [5.74, 6) is -0.0976. The van der Waals surface area contributed by atoms with E-state index in [1.807, 2.05) is 19.1 Å². The minimum atomic E-state index is -0.833. The summed E-state index contributed by atoms with van der Waals surface area (Å²) in [6.07, 6.45) is 1.57. The van der Waals surface area contributed by atoms with Gasteiger partial charge in [0.25, 0.3) is 5.97 Å². The average Bonchev–Trinajstić information content (AvgIpc) is 2.27. The van der Waals surface area contributed by atoms with E-state index in [0.717, 1.165) is 28.3 Å². The van der Waals surface area contributed by atoms with Crippen molar-refractivity contribution in [3.05, 3.63) is 27.7 Å². The lowest BCUT2D eigenvalue weighted by molar-refractivity contribution is -0.134. The van der Waals surface area contributed by atoms with E-state index in [-0.39, 0.29) is 5.96 Å². The maximum absolute atomic E-state index is 9.00. The minimum Gasteiger partial charge on any atom is -0.495 e. The van der Waals surface area contributed by atoms with Crippen molar-refractivity contribution in [1.82, 2.24) is 0 Å². The second-order valence-electron chi connectivity index (χ2n) is 3.64. The van der Waals surface area contributed by atoms with E-state index in [9.17, 15) is 0 Å². The van der Waals surface area contributed by atoms with E-state index in [2.05, 4.69) is 26.1 Å². The molecule has 0 bridgehead atoms. The van der Waals surface area contributed by atoms with Crippen LogP contribution in [0.2, 0.25) is 0 Å². The summed E-state index contributed by atoms with van der Waals surface area (Å²) in [5, 5.41) is 14.7. The SMILES string of the molecule is CC(=O)O.COc1c(C)cc(C=NN=C(N)N)cc1Br. The van der Waals surface area contributed by atoms with E-state index < -0.39 is 5.97 Å². The van der Waals surface area contributed by atoms with Gasteiger partial charge in [0.1, 0.15) is 5.75 Å². The second-order valence-corrected chi connectivity index (χ2v) is 4.50. The Labute approximate surface area is 125 Å². The number of carboxylic acid groups (broad SMARTS) is 1. The maximum Gasteiger partial charge on any atom is 0.300 e. The van der Waals surface area contributed by atoms with Crippen LogP contribution in [0.1, 0.15) is 18.1 Å². The third kappa shape index (κ3) is 7.37. The number of guanidine groups is 1. The van der Waals surface area contributed by atoms with Crippen LogP contribution in [0.4, 0.5) is 0 Å². The van der Waals surface area contributed by atoms with E-state index in [4.69, 9.17) is 26.1 Å². The van der Waals surface area contributed by atoms with Gasteiger partial charge in [-0.2, -0.15) is 5.10 Å². The molecule has 0 atom stereocenters. The van der Waals surface area contributed by atoms with Gasteiger partial charge in [-0.05, 0) is 46.1 Å². The number of halogens is 1. The van der Waals surface area contributed by atoms with Crippen LogP contribution in [-0.4, -0.2) is 30.4 Å². The zero-order chi connectivity index (χ0) is 15.7. The molecule has 5 N–H and O–H groups in total. The van der Waals surface area contributed by atoms with Gasteiger partial charge >= 0.3 is 0 Å². The number of aliphatic carboxylic acids is 1. The van der Waals surface area contributed by atoms with Crippen molar-refractivity contribution >= 4 is 34.1 Å². The third-order valence-electron chi connectivity index (χ3n) is 1.84. The number of rotatable bonds is 3. The normalized spacial score (nSPS) is 9.60. The fourth-order valence-corrected chi connectivity index (χ4v) is 1.99. The van der Waals surface area contributed by atoms with Crippen molar-refractivity contribution in [2.45, 2.75) is 13.8 Å². The van der Waals surface area contributed by atoms with Gasteiger partial charge in [-0.25, -0.2) is 0 Å². The molecule has 1 aromatic carbocycles. The molecule has 7 nitrogen and oxygen atoms in total. The molecular formula is C12H17BrN4O3. The molecule has 1 rings (SSSR count). The summed E-state index contributed by atoms with van der Waals surface area (Å²) in [4.78, 5) is 9.00. The van der Waals surface area contributed by atoms with Gasteiger partial charge < -0.3 is 21.3 Å². The first-order valence-electron chi connectivity index (χ1n) is 5.43. The lowest BCUT2D eigenvalue weighted by Gasteiger charge is -2.07. The number of hydrogen-bond acceptors (Lipinski definition) is 4. The Morgan fingerprint density at radius 2 is 2.00 bits per heavy atom. The van der Waals surface area contributed by atoms with Crippen LogP contribution in [0.15, 0.2) is 26.8 Å². The highest BCUT2D eigenvalue weighted by Gasteiger charge is 2.04. The summed E-state index contributed by atoms with van der Waals surface area (Å²) in [6, 6.07) is 3.80. The highest BCUT2D eigenvalue weighted by Crippen LogP contribution is 2.29.